The van der Waals surface area contributed by atoms with Crippen molar-refractivity contribution in [2.75, 3.05) is 59.5 Å². The maximum atomic E-state index is 14.6. The van der Waals surface area contributed by atoms with Crippen LogP contribution in [0.2, 0.25) is 0 Å². The second kappa shape index (κ2) is 27.2. The number of carboxylic acids is 2. The summed E-state index contributed by atoms with van der Waals surface area (Å²) in [5.41, 5.74) is -2.23. The van der Waals surface area contributed by atoms with Crippen molar-refractivity contribution in [1.29, 1.82) is 0 Å². The summed E-state index contributed by atoms with van der Waals surface area (Å²) in [6.07, 6.45) is 4.90. The predicted molar refractivity (Wildman–Crippen MR) is 190 cm³/mol. The molecular weight excluding hydrogens is 652 g/mol. The van der Waals surface area contributed by atoms with E-state index in [9.17, 15) is 19.8 Å². The molecule has 0 aromatic heterocycles. The molecule has 0 aromatic rings. The molecule has 50 heavy (non-hydrogen) atoms. The summed E-state index contributed by atoms with van der Waals surface area (Å²) in [5.74, 6) is -8.76. The van der Waals surface area contributed by atoms with Crippen LogP contribution in [0.25, 0.3) is 0 Å². The molecule has 0 amide bonds. The van der Waals surface area contributed by atoms with Crippen LogP contribution in [0.4, 0.5) is 0 Å². The molecule has 0 rings (SSSR count). The fourth-order valence-corrected chi connectivity index (χ4v) is 6.42. The third-order valence-electron chi connectivity index (χ3n) is 8.33. The zero-order chi connectivity index (χ0) is 37.9. The van der Waals surface area contributed by atoms with Crippen LogP contribution in [-0.2, 0) is 52.2 Å². The molecule has 13 nitrogen and oxygen atoms in total. The maximum Gasteiger partial charge on any atom is 0.342 e. The minimum absolute atomic E-state index is 0.0101. The fraction of sp³-hybridized carbons (Fsp3) is 0.946. The zero-order valence-corrected chi connectivity index (χ0v) is 32.8. The predicted octanol–water partition coefficient (Wildman–Crippen LogP) is 7.52. The van der Waals surface area contributed by atoms with Crippen molar-refractivity contribution < 1.29 is 62.4 Å². The highest BCUT2D eigenvalue weighted by atomic mass is 16.9. The van der Waals surface area contributed by atoms with Crippen LogP contribution >= 0.6 is 0 Å². The Hall–Kier alpha value is -1.42. The first-order valence-corrected chi connectivity index (χ1v) is 19.2. The lowest BCUT2D eigenvalue weighted by Gasteiger charge is -2.58. The maximum absolute atomic E-state index is 14.6. The van der Waals surface area contributed by atoms with Gasteiger partial charge in [0.15, 0.2) is 11.5 Å². The normalized spacial score (nSPS) is 15.5. The smallest absolute Gasteiger partial charge is 0.342 e. The molecule has 0 bridgehead atoms. The van der Waals surface area contributed by atoms with Gasteiger partial charge in [0.25, 0.3) is 5.79 Å². The first kappa shape index (κ1) is 48.6. The topological polar surface area (TPSA) is 158 Å². The average Bonchev–Trinajstić information content (AvgIpc) is 3.07. The van der Waals surface area contributed by atoms with Gasteiger partial charge in [-0.1, -0.05) is 58.8 Å². The van der Waals surface area contributed by atoms with Crippen molar-refractivity contribution in [2.45, 2.75) is 163 Å². The first-order valence-electron chi connectivity index (χ1n) is 19.2. The highest BCUT2D eigenvalue weighted by molar-refractivity contribution is 5.77. The summed E-state index contributed by atoms with van der Waals surface area (Å²) in [6.45, 7) is 17.2. The summed E-state index contributed by atoms with van der Waals surface area (Å²) >= 11 is 0. The summed E-state index contributed by atoms with van der Waals surface area (Å²) < 4.78 is 58.5. The molecule has 0 saturated carbocycles. The van der Waals surface area contributed by atoms with Crippen LogP contribution in [0, 0.1) is 5.41 Å². The van der Waals surface area contributed by atoms with Gasteiger partial charge in [0.05, 0.1) is 6.61 Å². The lowest BCUT2D eigenvalue weighted by atomic mass is 9.67. The standard InChI is InChI=1S/C37H72O13/c1-10-19-25-29-42-32(35(43-12-3,44-13-4)45-14-5)34(33(40)41,28-24-22-21-23-27-31(38)39)36(46-15-6,50-30-26-20-11-2)37(47-16-7,48-17-8)49-18-9/h32H,10-30H2,1-9H3,(H,38,39)(H,40,41). The van der Waals surface area contributed by atoms with Gasteiger partial charge in [-0.25, -0.2) is 0 Å². The number of ether oxygens (including phenoxy) is 9. The Morgan fingerprint density at radius 2 is 0.980 bits per heavy atom. The van der Waals surface area contributed by atoms with Gasteiger partial charge in [-0.2, -0.15) is 0 Å². The molecule has 0 aliphatic carbocycles. The Morgan fingerprint density at radius 3 is 1.40 bits per heavy atom. The van der Waals surface area contributed by atoms with E-state index in [1.54, 1.807) is 48.5 Å². The van der Waals surface area contributed by atoms with Gasteiger partial charge in [-0.15, -0.1) is 0 Å². The third-order valence-corrected chi connectivity index (χ3v) is 8.33. The van der Waals surface area contributed by atoms with E-state index in [0.29, 0.717) is 38.5 Å². The van der Waals surface area contributed by atoms with E-state index in [1.807, 2.05) is 0 Å². The summed E-state index contributed by atoms with van der Waals surface area (Å²) in [4.78, 5) is 25.9. The quantitative estimate of drug-likeness (QED) is 0.0483. The van der Waals surface area contributed by atoms with E-state index < -0.39 is 41.2 Å². The molecule has 2 N–H and O–H groups in total. The van der Waals surface area contributed by atoms with Crippen LogP contribution < -0.4 is 0 Å². The average molecular weight is 725 g/mol. The van der Waals surface area contributed by atoms with E-state index >= 15 is 0 Å². The van der Waals surface area contributed by atoms with Gasteiger partial charge in [0.1, 0.15) is 0 Å². The van der Waals surface area contributed by atoms with Crippen LogP contribution in [0.5, 0.6) is 0 Å². The van der Waals surface area contributed by atoms with E-state index in [2.05, 4.69) is 13.8 Å². The highest BCUT2D eigenvalue weighted by Crippen LogP contribution is 2.56. The van der Waals surface area contributed by atoms with Gasteiger partial charge in [0, 0.05) is 59.3 Å². The molecule has 0 fully saturated rings. The Balaban J connectivity index is 8.43. The molecule has 3 atom stereocenters. The van der Waals surface area contributed by atoms with Crippen molar-refractivity contribution in [2.24, 2.45) is 5.41 Å². The highest BCUT2D eigenvalue weighted by Gasteiger charge is 2.79. The number of rotatable bonds is 36. The Labute approximate surface area is 302 Å². The van der Waals surface area contributed by atoms with Crippen molar-refractivity contribution in [3.05, 3.63) is 0 Å². The third kappa shape index (κ3) is 13.2. The molecule has 13 heteroatoms. The minimum atomic E-state index is -2.32. The van der Waals surface area contributed by atoms with Crippen molar-refractivity contribution >= 4 is 11.9 Å². The Morgan fingerprint density at radius 1 is 0.520 bits per heavy atom. The van der Waals surface area contributed by atoms with E-state index in [-0.39, 0.29) is 72.3 Å². The van der Waals surface area contributed by atoms with Gasteiger partial charge in [-0.3, -0.25) is 9.59 Å². The van der Waals surface area contributed by atoms with Gasteiger partial charge >= 0.3 is 23.9 Å². The van der Waals surface area contributed by atoms with Gasteiger partial charge in [-0.05, 0) is 74.1 Å². The number of hydrogen-bond donors (Lipinski definition) is 2. The summed E-state index contributed by atoms with van der Waals surface area (Å²) in [5, 5.41) is 21.1. The molecule has 0 heterocycles. The van der Waals surface area contributed by atoms with Crippen LogP contribution in [0.1, 0.15) is 139 Å². The van der Waals surface area contributed by atoms with Crippen LogP contribution in [0.15, 0.2) is 0 Å². The lowest BCUT2D eigenvalue weighted by Crippen LogP contribution is -2.78. The Bertz CT molecular complexity index is 838. The molecule has 0 spiro atoms. The van der Waals surface area contributed by atoms with Crippen LogP contribution in [0.3, 0.4) is 0 Å². The second-order valence-electron chi connectivity index (χ2n) is 11.9. The Kier molecular flexibility index (Phi) is 26.5. The number of aliphatic carboxylic acids is 2. The number of hydrogen-bond acceptors (Lipinski definition) is 11. The first-order chi connectivity index (χ1) is 24.0. The number of carboxylic acid groups (broad SMARTS) is 2. The number of unbranched alkanes of at least 4 members (excludes halogenated alkanes) is 7. The molecule has 0 aliphatic rings. The van der Waals surface area contributed by atoms with Gasteiger partial charge < -0.3 is 52.8 Å². The minimum Gasteiger partial charge on any atom is -0.481 e. The van der Waals surface area contributed by atoms with Gasteiger partial charge in [0.2, 0.25) is 0 Å². The monoisotopic (exact) mass is 724 g/mol. The zero-order valence-electron chi connectivity index (χ0n) is 32.8. The molecule has 0 radical (unpaired) electrons. The van der Waals surface area contributed by atoms with Crippen molar-refractivity contribution in [3.63, 3.8) is 0 Å². The molecule has 298 valence electrons. The molecule has 3 unspecified atom stereocenters. The van der Waals surface area contributed by atoms with Crippen molar-refractivity contribution in [1.82, 2.24) is 0 Å². The van der Waals surface area contributed by atoms with Crippen molar-refractivity contribution in [3.8, 4) is 0 Å². The van der Waals surface area contributed by atoms with E-state index in [4.69, 9.17) is 42.6 Å². The molecule has 0 aliphatic heterocycles. The van der Waals surface area contributed by atoms with E-state index in [0.717, 1.165) is 25.7 Å². The number of carbonyl (C=O) groups is 2. The SMILES string of the molecule is CCCCCOC(C(OCC)(OCC)OCC)C(CCCCCCC(=O)O)(C(=O)O)C(OCC)(OCCCCC)C(OCC)(OCC)OCC. The summed E-state index contributed by atoms with van der Waals surface area (Å²) in [6, 6.07) is 0. The molecule has 0 saturated heterocycles. The summed E-state index contributed by atoms with van der Waals surface area (Å²) in [7, 11) is 0. The largest absolute Gasteiger partial charge is 0.481 e. The fourth-order valence-electron chi connectivity index (χ4n) is 6.42. The van der Waals surface area contributed by atoms with Crippen LogP contribution in [-0.4, -0.2) is 105 Å². The molecular formula is C37H72O13. The lowest BCUT2D eigenvalue weighted by molar-refractivity contribution is -0.533. The van der Waals surface area contributed by atoms with E-state index in [1.165, 1.54) is 0 Å². The molecule has 0 aromatic carbocycles. The second-order valence-corrected chi connectivity index (χ2v) is 11.9.